The van der Waals surface area contributed by atoms with Crippen molar-refractivity contribution in [3.63, 3.8) is 0 Å². The molecule has 0 aliphatic heterocycles. The zero-order valence-corrected chi connectivity index (χ0v) is 10.5. The number of aromatic carboxylic acids is 1. The van der Waals surface area contributed by atoms with E-state index in [-0.39, 0.29) is 5.56 Å². The average Bonchev–Trinajstić information content (AvgIpc) is 2.40. The van der Waals surface area contributed by atoms with Crippen LogP contribution >= 0.6 is 0 Å². The molecule has 2 N–H and O–H groups in total. The number of aromatic nitrogens is 3. The molecule has 98 valence electrons. The Kier molecular flexibility index (Phi) is 4.02. The quantitative estimate of drug-likeness (QED) is 0.855. The minimum Gasteiger partial charge on any atom is -0.478 e. The molecule has 0 unspecified atom stereocenters. The van der Waals surface area contributed by atoms with Gasteiger partial charge in [-0.15, -0.1) is 0 Å². The molecule has 0 spiro atoms. The lowest BCUT2D eigenvalue weighted by Crippen LogP contribution is -2.04. The summed E-state index contributed by atoms with van der Waals surface area (Å²) >= 11 is 0. The minimum absolute atomic E-state index is 0.220. The molecule has 0 aliphatic rings. The van der Waals surface area contributed by atoms with Crippen LogP contribution in [0.4, 0.5) is 11.5 Å². The van der Waals surface area contributed by atoms with Gasteiger partial charge in [-0.3, -0.25) is 0 Å². The number of nitrogens with one attached hydrogen (secondary N) is 1. The van der Waals surface area contributed by atoms with E-state index in [1.807, 2.05) is 6.92 Å². The van der Waals surface area contributed by atoms with Gasteiger partial charge >= 0.3 is 5.97 Å². The van der Waals surface area contributed by atoms with Gasteiger partial charge in [0.1, 0.15) is 12.1 Å². The number of hydrogen-bond donors (Lipinski definition) is 2. The molecule has 2 aromatic heterocycles. The third-order valence-electron chi connectivity index (χ3n) is 2.46. The second kappa shape index (κ2) is 5.90. The molecule has 0 amide bonds. The third-order valence-corrected chi connectivity index (χ3v) is 2.46. The van der Waals surface area contributed by atoms with Crippen molar-refractivity contribution < 1.29 is 9.90 Å². The Bertz CT molecular complexity index is 572. The van der Waals surface area contributed by atoms with Gasteiger partial charge in [0.15, 0.2) is 0 Å². The maximum Gasteiger partial charge on any atom is 0.335 e. The van der Waals surface area contributed by atoms with E-state index in [4.69, 9.17) is 5.11 Å². The molecule has 2 rings (SSSR count). The predicted octanol–water partition coefficient (Wildman–Crippen LogP) is 2.27. The molecule has 0 atom stereocenters. The van der Waals surface area contributed by atoms with Gasteiger partial charge in [-0.25, -0.2) is 19.7 Å². The van der Waals surface area contributed by atoms with E-state index in [1.165, 1.54) is 12.4 Å². The van der Waals surface area contributed by atoms with E-state index in [1.54, 1.807) is 18.5 Å². The molecule has 0 bridgehead atoms. The predicted molar refractivity (Wildman–Crippen MR) is 70.5 cm³/mol. The normalized spacial score (nSPS) is 10.2. The van der Waals surface area contributed by atoms with E-state index in [2.05, 4.69) is 20.3 Å². The summed E-state index contributed by atoms with van der Waals surface area (Å²) in [5.41, 5.74) is 1.64. The summed E-state index contributed by atoms with van der Waals surface area (Å²) in [7, 11) is 0. The fourth-order valence-electron chi connectivity index (χ4n) is 1.67. The summed E-state index contributed by atoms with van der Waals surface area (Å²) in [6.45, 7) is 2.02. The second-order valence-corrected chi connectivity index (χ2v) is 4.04. The maximum absolute atomic E-state index is 11.1. The molecule has 2 heterocycles. The molecular formula is C13H14N4O2. The first-order chi connectivity index (χ1) is 9.19. The highest BCUT2D eigenvalue weighted by molar-refractivity contribution is 5.88. The second-order valence-electron chi connectivity index (χ2n) is 4.04. The topological polar surface area (TPSA) is 88.0 Å². The summed E-state index contributed by atoms with van der Waals surface area (Å²) < 4.78 is 0. The first-order valence-corrected chi connectivity index (χ1v) is 5.95. The standard InChI is InChI=1S/C13H14N4O2/c1-2-3-10-4-9(13(18)19)5-12(16-10)17-11-6-14-8-15-7-11/h4-8H,2-3H2,1H3,(H,16,17)(H,18,19). The van der Waals surface area contributed by atoms with Crippen molar-refractivity contribution in [1.82, 2.24) is 15.0 Å². The molecule has 0 aromatic carbocycles. The molecule has 0 fully saturated rings. The lowest BCUT2D eigenvalue weighted by Gasteiger charge is -2.08. The van der Waals surface area contributed by atoms with Gasteiger partial charge in [-0.05, 0) is 18.6 Å². The fourth-order valence-corrected chi connectivity index (χ4v) is 1.67. The van der Waals surface area contributed by atoms with Gasteiger partial charge in [-0.1, -0.05) is 13.3 Å². The lowest BCUT2D eigenvalue weighted by atomic mass is 10.1. The Morgan fingerprint density at radius 3 is 2.68 bits per heavy atom. The van der Waals surface area contributed by atoms with Gasteiger partial charge in [-0.2, -0.15) is 0 Å². The van der Waals surface area contributed by atoms with Crippen molar-refractivity contribution >= 4 is 17.5 Å². The van der Waals surface area contributed by atoms with Gasteiger partial charge in [0.2, 0.25) is 0 Å². The Labute approximate surface area is 110 Å². The van der Waals surface area contributed by atoms with Gasteiger partial charge in [0, 0.05) is 5.69 Å². The number of nitrogens with zero attached hydrogens (tertiary/aromatic N) is 3. The Hall–Kier alpha value is -2.50. The zero-order chi connectivity index (χ0) is 13.7. The molecule has 19 heavy (non-hydrogen) atoms. The van der Waals surface area contributed by atoms with Gasteiger partial charge in [0.25, 0.3) is 0 Å². The summed E-state index contributed by atoms with van der Waals surface area (Å²) in [5, 5.41) is 12.1. The van der Waals surface area contributed by atoms with Crippen LogP contribution in [-0.4, -0.2) is 26.0 Å². The zero-order valence-electron chi connectivity index (χ0n) is 10.5. The monoisotopic (exact) mass is 258 g/mol. The summed E-state index contributed by atoms with van der Waals surface area (Å²) in [6, 6.07) is 3.09. The van der Waals surface area contributed by atoms with Crippen molar-refractivity contribution in [1.29, 1.82) is 0 Å². The maximum atomic E-state index is 11.1. The van der Waals surface area contributed by atoms with Crippen molar-refractivity contribution in [3.8, 4) is 0 Å². The van der Waals surface area contributed by atoms with Crippen molar-refractivity contribution in [2.24, 2.45) is 0 Å². The molecule has 0 aliphatic carbocycles. The van der Waals surface area contributed by atoms with Crippen LogP contribution in [0.5, 0.6) is 0 Å². The number of hydrogen-bond acceptors (Lipinski definition) is 5. The number of pyridine rings is 1. The molecule has 2 aromatic rings. The highest BCUT2D eigenvalue weighted by atomic mass is 16.4. The third kappa shape index (κ3) is 3.48. The van der Waals surface area contributed by atoms with Crippen LogP contribution in [0.25, 0.3) is 0 Å². The summed E-state index contributed by atoms with van der Waals surface area (Å²) in [6.07, 6.45) is 6.27. The number of rotatable bonds is 5. The Morgan fingerprint density at radius 1 is 1.32 bits per heavy atom. The van der Waals surface area contributed by atoms with Crippen LogP contribution in [0.15, 0.2) is 30.9 Å². The average molecular weight is 258 g/mol. The number of carbonyl (C=O) groups is 1. The fraction of sp³-hybridized carbons (Fsp3) is 0.231. The SMILES string of the molecule is CCCc1cc(C(=O)O)cc(Nc2cncnc2)n1. The van der Waals surface area contributed by atoms with Crippen LogP contribution in [0.2, 0.25) is 0 Å². The van der Waals surface area contributed by atoms with E-state index in [0.717, 1.165) is 18.5 Å². The number of aryl methyl sites for hydroxylation is 1. The lowest BCUT2D eigenvalue weighted by molar-refractivity contribution is 0.0696. The molecule has 0 saturated carbocycles. The number of anilines is 2. The van der Waals surface area contributed by atoms with Crippen LogP contribution in [0.1, 0.15) is 29.4 Å². The van der Waals surface area contributed by atoms with Crippen LogP contribution < -0.4 is 5.32 Å². The minimum atomic E-state index is -0.966. The van der Waals surface area contributed by atoms with Crippen molar-refractivity contribution in [2.45, 2.75) is 19.8 Å². The molecule has 0 saturated heterocycles. The molecule has 6 heteroatoms. The first-order valence-electron chi connectivity index (χ1n) is 5.95. The van der Waals surface area contributed by atoms with E-state index in [9.17, 15) is 4.79 Å². The highest BCUT2D eigenvalue weighted by Gasteiger charge is 2.08. The van der Waals surface area contributed by atoms with E-state index < -0.39 is 5.97 Å². The molecule has 6 nitrogen and oxygen atoms in total. The Balaban J connectivity index is 2.31. The van der Waals surface area contributed by atoms with Gasteiger partial charge < -0.3 is 10.4 Å². The number of carboxylic acids is 1. The molecule has 0 radical (unpaired) electrons. The van der Waals surface area contributed by atoms with E-state index in [0.29, 0.717) is 11.5 Å². The highest BCUT2D eigenvalue weighted by Crippen LogP contribution is 2.16. The van der Waals surface area contributed by atoms with Gasteiger partial charge in [0.05, 0.1) is 23.6 Å². The smallest absolute Gasteiger partial charge is 0.335 e. The first kappa shape index (κ1) is 12.9. The summed E-state index contributed by atoms with van der Waals surface area (Å²) in [5.74, 6) is -0.481. The van der Waals surface area contributed by atoms with Crippen LogP contribution in [0.3, 0.4) is 0 Å². The van der Waals surface area contributed by atoms with Crippen molar-refractivity contribution in [3.05, 3.63) is 42.1 Å². The van der Waals surface area contributed by atoms with E-state index >= 15 is 0 Å². The van der Waals surface area contributed by atoms with Crippen molar-refractivity contribution in [2.75, 3.05) is 5.32 Å². The largest absolute Gasteiger partial charge is 0.478 e. The summed E-state index contributed by atoms with van der Waals surface area (Å²) in [4.78, 5) is 23.2. The number of carboxylic acid groups (broad SMARTS) is 1. The Morgan fingerprint density at radius 2 is 2.05 bits per heavy atom. The molecular weight excluding hydrogens is 244 g/mol. The van der Waals surface area contributed by atoms with Crippen LogP contribution in [-0.2, 0) is 6.42 Å². The van der Waals surface area contributed by atoms with Crippen LogP contribution in [0, 0.1) is 0 Å².